The largest absolute Gasteiger partial charge is 0.443 e. The summed E-state index contributed by atoms with van der Waals surface area (Å²) in [5.41, 5.74) is 8.32. The number of carbonyl (C=O) groups is 2. The Bertz CT molecular complexity index is 1230. The van der Waals surface area contributed by atoms with Crippen LogP contribution in [0.5, 0.6) is 0 Å². The fraction of sp³-hybridized carbons (Fsp3) is 0.462. The van der Waals surface area contributed by atoms with Crippen LogP contribution in [0.25, 0.3) is 5.65 Å². The second-order valence-corrected chi connectivity index (χ2v) is 9.61. The van der Waals surface area contributed by atoms with Gasteiger partial charge in [0.2, 0.25) is 5.91 Å². The Balaban J connectivity index is 1.56. The summed E-state index contributed by atoms with van der Waals surface area (Å²) in [6, 6.07) is 12.7. The fourth-order valence-electron chi connectivity index (χ4n) is 3.93. The molecule has 11 heteroatoms. The van der Waals surface area contributed by atoms with Crippen molar-refractivity contribution < 1.29 is 23.8 Å². The van der Waals surface area contributed by atoms with Gasteiger partial charge < -0.3 is 30.2 Å². The van der Waals surface area contributed by atoms with Gasteiger partial charge in [0, 0.05) is 13.1 Å². The maximum absolute atomic E-state index is 12.8. The molecule has 3 aromatic rings. The number of hydrogen-bond acceptors (Lipinski definition) is 8. The number of rotatable bonds is 9. The van der Waals surface area contributed by atoms with Crippen molar-refractivity contribution in [2.45, 2.75) is 45.6 Å². The summed E-state index contributed by atoms with van der Waals surface area (Å²) in [7, 11) is 0. The first kappa shape index (κ1) is 26.5. The van der Waals surface area contributed by atoms with E-state index in [1.54, 1.807) is 29.2 Å². The lowest BCUT2D eigenvalue weighted by Gasteiger charge is -2.26. The van der Waals surface area contributed by atoms with Crippen molar-refractivity contribution in [1.82, 2.24) is 24.8 Å². The summed E-state index contributed by atoms with van der Waals surface area (Å²) < 4.78 is 18.7. The number of carbonyl (C=O) groups excluding carboxylic acids is 2. The Morgan fingerprint density at radius 3 is 2.59 bits per heavy atom. The van der Waals surface area contributed by atoms with Crippen molar-refractivity contribution >= 4 is 17.6 Å². The minimum Gasteiger partial charge on any atom is -0.443 e. The highest BCUT2D eigenvalue weighted by Gasteiger charge is 2.29. The van der Waals surface area contributed by atoms with Crippen molar-refractivity contribution in [1.29, 1.82) is 0 Å². The monoisotopic (exact) mass is 510 g/mol. The number of nitrogens with two attached hydrogens (primary N) is 1. The number of hydrogen-bond donors (Lipinski definition) is 2. The molecule has 1 fully saturated rings. The van der Waals surface area contributed by atoms with E-state index in [0.29, 0.717) is 50.1 Å². The predicted molar refractivity (Wildman–Crippen MR) is 136 cm³/mol. The van der Waals surface area contributed by atoms with Crippen LogP contribution >= 0.6 is 0 Å². The molecule has 1 aliphatic heterocycles. The topological polar surface area (TPSA) is 133 Å². The van der Waals surface area contributed by atoms with Gasteiger partial charge in [0.15, 0.2) is 11.5 Å². The van der Waals surface area contributed by atoms with E-state index in [4.69, 9.17) is 19.9 Å². The minimum atomic E-state index is -1.11. The third kappa shape index (κ3) is 6.62. The Hall–Kier alpha value is -3.54. The van der Waals surface area contributed by atoms with Crippen molar-refractivity contribution in [2.24, 2.45) is 5.73 Å². The summed E-state index contributed by atoms with van der Waals surface area (Å²) in [6.45, 7) is 7.74. The van der Waals surface area contributed by atoms with E-state index < -0.39 is 17.7 Å². The summed E-state index contributed by atoms with van der Waals surface area (Å²) in [4.78, 5) is 27.0. The molecule has 11 nitrogen and oxygen atoms in total. The standard InChI is InChI=1S/C26H34N6O5/c1-18-7-4-5-8-19(18)15-36-17-21(28-24(33)26(2,3)27)23-30-29-22-10-6-9-20(32(22)23)16-37-25(34)31-11-13-35-14-12-31/h4-10,21H,11-17,27H2,1-3H3,(H,28,33)/t21-/m1/s1. The third-order valence-electron chi connectivity index (χ3n) is 6.15. The van der Waals surface area contributed by atoms with Gasteiger partial charge in [-0.05, 0) is 44.0 Å². The molecule has 0 radical (unpaired) electrons. The molecule has 198 valence electrons. The number of nitrogens with one attached hydrogen (secondary N) is 1. The second-order valence-electron chi connectivity index (χ2n) is 9.61. The Morgan fingerprint density at radius 2 is 1.86 bits per heavy atom. The first-order valence-corrected chi connectivity index (χ1v) is 12.3. The van der Waals surface area contributed by atoms with Gasteiger partial charge in [-0.3, -0.25) is 9.20 Å². The molecule has 0 bridgehead atoms. The van der Waals surface area contributed by atoms with Crippen LogP contribution < -0.4 is 11.1 Å². The fourth-order valence-corrected chi connectivity index (χ4v) is 3.93. The number of pyridine rings is 1. The van der Waals surface area contributed by atoms with Gasteiger partial charge in [-0.2, -0.15) is 0 Å². The summed E-state index contributed by atoms with van der Waals surface area (Å²) in [5.74, 6) is 0.0976. The highest BCUT2D eigenvalue weighted by Crippen LogP contribution is 2.19. The lowest BCUT2D eigenvalue weighted by Crippen LogP contribution is -2.51. The molecule has 0 spiro atoms. The molecule has 3 N–H and O–H groups in total. The lowest BCUT2D eigenvalue weighted by atomic mass is 10.1. The van der Waals surface area contributed by atoms with E-state index in [-0.39, 0.29) is 19.1 Å². The average molecular weight is 511 g/mol. The van der Waals surface area contributed by atoms with Crippen LogP contribution in [-0.4, -0.2) is 69.9 Å². The molecular formula is C26H34N6O5. The summed E-state index contributed by atoms with van der Waals surface area (Å²) in [6.07, 6.45) is -0.411. The molecule has 1 aliphatic rings. The SMILES string of the molecule is Cc1ccccc1COC[C@@H](NC(=O)C(C)(C)N)c1nnc2cccc(COC(=O)N3CCOCC3)n12. The number of morpholine rings is 1. The van der Waals surface area contributed by atoms with Crippen molar-refractivity contribution in [3.8, 4) is 0 Å². The molecular weight excluding hydrogens is 476 g/mol. The van der Waals surface area contributed by atoms with E-state index in [9.17, 15) is 9.59 Å². The molecule has 4 rings (SSSR count). The Morgan fingerprint density at radius 1 is 1.11 bits per heavy atom. The number of benzene rings is 1. The minimum absolute atomic E-state index is 0.00564. The molecule has 0 unspecified atom stereocenters. The van der Waals surface area contributed by atoms with Gasteiger partial charge >= 0.3 is 6.09 Å². The average Bonchev–Trinajstić information content (AvgIpc) is 3.32. The maximum Gasteiger partial charge on any atom is 0.410 e. The predicted octanol–water partition coefficient (Wildman–Crippen LogP) is 2.12. The highest BCUT2D eigenvalue weighted by atomic mass is 16.6. The zero-order valence-electron chi connectivity index (χ0n) is 21.5. The summed E-state index contributed by atoms with van der Waals surface area (Å²) >= 11 is 0. The van der Waals surface area contributed by atoms with Crippen LogP contribution in [-0.2, 0) is 32.2 Å². The first-order valence-electron chi connectivity index (χ1n) is 12.3. The van der Waals surface area contributed by atoms with E-state index in [1.807, 2.05) is 43.3 Å². The normalized spacial score (nSPS) is 15.0. The molecule has 0 saturated carbocycles. The molecule has 1 aromatic carbocycles. The van der Waals surface area contributed by atoms with Crippen LogP contribution in [0.2, 0.25) is 0 Å². The van der Waals surface area contributed by atoms with Gasteiger partial charge in [0.05, 0.1) is 37.7 Å². The summed E-state index contributed by atoms with van der Waals surface area (Å²) in [5, 5.41) is 11.6. The van der Waals surface area contributed by atoms with Crippen LogP contribution in [0.15, 0.2) is 42.5 Å². The molecule has 1 atom stereocenters. The second kappa shape index (κ2) is 11.7. The van der Waals surface area contributed by atoms with E-state index in [0.717, 1.165) is 11.1 Å². The number of nitrogens with zero attached hydrogens (tertiary/aromatic N) is 4. The number of aryl methyl sites for hydroxylation is 1. The van der Waals surface area contributed by atoms with Gasteiger partial charge in [0.25, 0.3) is 0 Å². The first-order chi connectivity index (χ1) is 17.7. The zero-order chi connectivity index (χ0) is 26.4. The zero-order valence-corrected chi connectivity index (χ0v) is 21.5. The lowest BCUT2D eigenvalue weighted by molar-refractivity contribution is -0.126. The Kier molecular flexibility index (Phi) is 8.37. The molecule has 1 saturated heterocycles. The number of amides is 2. The van der Waals surface area contributed by atoms with E-state index in [2.05, 4.69) is 15.5 Å². The third-order valence-corrected chi connectivity index (χ3v) is 6.15. The molecule has 2 aromatic heterocycles. The van der Waals surface area contributed by atoms with Crippen molar-refractivity contribution in [3.05, 3.63) is 65.1 Å². The van der Waals surface area contributed by atoms with Gasteiger partial charge in [-0.15, -0.1) is 10.2 Å². The van der Waals surface area contributed by atoms with Crippen LogP contribution in [0, 0.1) is 6.92 Å². The molecule has 37 heavy (non-hydrogen) atoms. The highest BCUT2D eigenvalue weighted by molar-refractivity contribution is 5.85. The molecule has 0 aliphatic carbocycles. The number of ether oxygens (including phenoxy) is 3. The molecule has 2 amide bonds. The van der Waals surface area contributed by atoms with Crippen LogP contribution in [0.1, 0.15) is 42.5 Å². The maximum atomic E-state index is 12.8. The smallest absolute Gasteiger partial charge is 0.410 e. The quantitative estimate of drug-likeness (QED) is 0.447. The van der Waals surface area contributed by atoms with E-state index >= 15 is 0 Å². The van der Waals surface area contributed by atoms with Crippen molar-refractivity contribution in [3.63, 3.8) is 0 Å². The van der Waals surface area contributed by atoms with Gasteiger partial charge in [-0.1, -0.05) is 30.3 Å². The van der Waals surface area contributed by atoms with Crippen LogP contribution in [0.3, 0.4) is 0 Å². The molecule has 3 heterocycles. The number of fused-ring (bicyclic) bond motifs is 1. The van der Waals surface area contributed by atoms with Crippen LogP contribution in [0.4, 0.5) is 4.79 Å². The Labute approximate surface area is 215 Å². The number of aromatic nitrogens is 3. The van der Waals surface area contributed by atoms with E-state index in [1.165, 1.54) is 0 Å². The van der Waals surface area contributed by atoms with Gasteiger partial charge in [-0.25, -0.2) is 4.79 Å². The van der Waals surface area contributed by atoms with Crippen molar-refractivity contribution in [2.75, 3.05) is 32.9 Å². The van der Waals surface area contributed by atoms with Gasteiger partial charge in [0.1, 0.15) is 12.6 Å².